The monoisotopic (exact) mass is 438 g/mol. The number of rotatable bonds is 7. The fraction of sp³-hybridized carbons (Fsp3) is 0.542. The molecule has 1 aromatic heterocycles. The number of anilines is 2. The van der Waals surface area contributed by atoms with Gasteiger partial charge < -0.3 is 25.7 Å². The number of aromatic nitrogens is 2. The molecule has 2 aliphatic heterocycles. The van der Waals surface area contributed by atoms with Crippen LogP contribution in [0.5, 0.6) is 0 Å². The molecule has 4 N–H and O–H groups in total. The van der Waals surface area contributed by atoms with Crippen LogP contribution in [0.2, 0.25) is 0 Å². The molecule has 0 unspecified atom stereocenters. The van der Waals surface area contributed by atoms with Gasteiger partial charge in [-0.05, 0) is 56.2 Å². The van der Waals surface area contributed by atoms with E-state index in [1.165, 1.54) is 11.1 Å². The lowest BCUT2D eigenvalue weighted by Gasteiger charge is -2.39. The molecule has 2 fully saturated rings. The first-order valence-electron chi connectivity index (χ1n) is 11.6. The molecule has 4 rings (SSSR count). The molecule has 0 spiro atoms. The summed E-state index contributed by atoms with van der Waals surface area (Å²) in [4.78, 5) is 22.6. The quantitative estimate of drug-likeness (QED) is 0.495. The van der Waals surface area contributed by atoms with Crippen LogP contribution in [0.25, 0.3) is 0 Å². The van der Waals surface area contributed by atoms with Crippen LogP contribution < -0.4 is 16.2 Å². The molecule has 8 nitrogen and oxygen atoms in total. The van der Waals surface area contributed by atoms with Crippen molar-refractivity contribution >= 4 is 17.9 Å². The third-order valence-corrected chi connectivity index (χ3v) is 6.70. The second-order valence-corrected chi connectivity index (χ2v) is 8.89. The lowest BCUT2D eigenvalue weighted by Crippen LogP contribution is -2.47. The van der Waals surface area contributed by atoms with E-state index in [0.717, 1.165) is 63.8 Å². The van der Waals surface area contributed by atoms with Gasteiger partial charge in [0, 0.05) is 51.1 Å². The smallest absolute Gasteiger partial charge is 0.276 e. The van der Waals surface area contributed by atoms with Crippen LogP contribution in [0.1, 0.15) is 48.1 Å². The zero-order valence-corrected chi connectivity index (χ0v) is 19.0. The van der Waals surface area contributed by atoms with Crippen LogP contribution in [0.4, 0.5) is 11.6 Å². The van der Waals surface area contributed by atoms with Crippen molar-refractivity contribution < 1.29 is 4.74 Å². The molecule has 2 aliphatic rings. The van der Waals surface area contributed by atoms with E-state index in [0.29, 0.717) is 29.9 Å². The van der Waals surface area contributed by atoms with Gasteiger partial charge in [-0.3, -0.25) is 9.78 Å². The molecule has 8 heteroatoms. The van der Waals surface area contributed by atoms with Crippen molar-refractivity contribution in [2.75, 3.05) is 36.9 Å². The summed E-state index contributed by atoms with van der Waals surface area (Å²) in [5.41, 5.74) is 4.11. The molecule has 0 saturated carbocycles. The first-order valence-corrected chi connectivity index (χ1v) is 11.6. The molecule has 0 aliphatic carbocycles. The minimum Gasteiger partial charge on any atom is -0.381 e. The molecule has 0 radical (unpaired) electrons. The molecule has 1 aromatic carbocycles. The number of nitrogens with zero attached hydrogens (tertiary/aromatic N) is 2. The number of hydrogen-bond donors (Lipinski definition) is 4. The topological polar surface area (TPSA) is 106 Å². The van der Waals surface area contributed by atoms with E-state index in [9.17, 15) is 4.79 Å². The van der Waals surface area contributed by atoms with Gasteiger partial charge in [0.1, 0.15) is 11.4 Å². The Morgan fingerprint density at radius 2 is 1.94 bits per heavy atom. The Balaban J connectivity index is 1.37. The van der Waals surface area contributed by atoms with Crippen molar-refractivity contribution in [3.63, 3.8) is 0 Å². The van der Waals surface area contributed by atoms with E-state index in [1.807, 2.05) is 0 Å². The molecule has 2 saturated heterocycles. The Kier molecular flexibility index (Phi) is 7.22. The Morgan fingerprint density at radius 3 is 2.62 bits per heavy atom. The van der Waals surface area contributed by atoms with Gasteiger partial charge in [0.05, 0.1) is 0 Å². The largest absolute Gasteiger partial charge is 0.381 e. The van der Waals surface area contributed by atoms with E-state index in [1.54, 1.807) is 0 Å². The Hall–Kier alpha value is -2.71. The highest BCUT2D eigenvalue weighted by Crippen LogP contribution is 2.22. The van der Waals surface area contributed by atoms with Crippen LogP contribution in [-0.2, 0) is 11.3 Å². The third-order valence-electron chi connectivity index (χ3n) is 6.70. The van der Waals surface area contributed by atoms with Gasteiger partial charge in [0.25, 0.3) is 5.56 Å². The lowest BCUT2D eigenvalue weighted by molar-refractivity contribution is 0.0262. The lowest BCUT2D eigenvalue weighted by atomic mass is 9.99. The number of likely N-dealkylation sites (tertiary alicyclic amines) is 1. The van der Waals surface area contributed by atoms with E-state index in [-0.39, 0.29) is 11.6 Å². The molecular formula is C24H34N6O2. The molecule has 0 atom stereocenters. The third kappa shape index (κ3) is 5.37. The highest BCUT2D eigenvalue weighted by molar-refractivity contribution is 5.83. The first-order chi connectivity index (χ1) is 15.5. The normalized spacial score (nSPS) is 18.4. The van der Waals surface area contributed by atoms with Crippen molar-refractivity contribution in [3.05, 3.63) is 50.9 Å². The minimum absolute atomic E-state index is 0.210. The minimum atomic E-state index is -0.243. The maximum Gasteiger partial charge on any atom is 0.276 e. The van der Waals surface area contributed by atoms with Crippen molar-refractivity contribution in [1.29, 1.82) is 5.41 Å². The zero-order chi connectivity index (χ0) is 22.5. The van der Waals surface area contributed by atoms with Gasteiger partial charge in [-0.1, -0.05) is 18.2 Å². The van der Waals surface area contributed by atoms with Gasteiger partial charge >= 0.3 is 0 Å². The number of ether oxygens (including phenoxy) is 1. The molecule has 3 heterocycles. The molecule has 0 bridgehead atoms. The van der Waals surface area contributed by atoms with Gasteiger partial charge in [0.2, 0.25) is 5.95 Å². The average molecular weight is 439 g/mol. The van der Waals surface area contributed by atoms with E-state index < -0.39 is 0 Å². The van der Waals surface area contributed by atoms with Crippen LogP contribution >= 0.6 is 0 Å². The van der Waals surface area contributed by atoms with Crippen LogP contribution in [-0.4, -0.2) is 59.5 Å². The SMILES string of the molecule is Cc1ccc(CNc2nc(C=N)c(NC3CCN(C4CCOCC4)CC3)c(=O)[nH]2)cc1C. The van der Waals surface area contributed by atoms with Gasteiger partial charge in [0.15, 0.2) is 0 Å². The summed E-state index contributed by atoms with van der Waals surface area (Å²) in [5.74, 6) is 0.381. The number of piperidine rings is 1. The fourth-order valence-corrected chi connectivity index (χ4v) is 4.58. The standard InChI is InChI=1S/C24H34N6O2/c1-16-3-4-18(13-17(16)2)15-26-24-28-21(14-25)22(23(31)29-24)27-19-5-9-30(10-6-19)20-7-11-32-12-8-20/h3-4,13-14,19-20,25,27H,5-12,15H2,1-2H3,(H2,26,28,29,31). The molecular weight excluding hydrogens is 404 g/mol. The fourth-order valence-electron chi connectivity index (χ4n) is 4.58. The summed E-state index contributed by atoms with van der Waals surface area (Å²) in [5, 5.41) is 14.3. The number of H-pyrrole nitrogens is 1. The van der Waals surface area contributed by atoms with Crippen molar-refractivity contribution in [1.82, 2.24) is 14.9 Å². The first kappa shape index (κ1) is 22.5. The Labute approximate surface area is 189 Å². The maximum absolute atomic E-state index is 12.8. The summed E-state index contributed by atoms with van der Waals surface area (Å²) < 4.78 is 5.48. The number of aryl methyl sites for hydroxylation is 2. The van der Waals surface area contributed by atoms with Gasteiger partial charge in [-0.25, -0.2) is 4.98 Å². The summed E-state index contributed by atoms with van der Waals surface area (Å²) in [6.07, 6.45) is 5.31. The molecule has 0 amide bonds. The summed E-state index contributed by atoms with van der Waals surface area (Å²) in [6, 6.07) is 7.11. The van der Waals surface area contributed by atoms with E-state index in [4.69, 9.17) is 10.1 Å². The van der Waals surface area contributed by atoms with E-state index >= 15 is 0 Å². The zero-order valence-electron chi connectivity index (χ0n) is 19.0. The number of benzene rings is 1. The summed E-state index contributed by atoms with van der Waals surface area (Å²) >= 11 is 0. The highest BCUT2D eigenvalue weighted by atomic mass is 16.5. The van der Waals surface area contributed by atoms with Crippen LogP contribution in [0.15, 0.2) is 23.0 Å². The predicted octanol–water partition coefficient (Wildman–Crippen LogP) is 3.05. The molecule has 172 valence electrons. The molecule has 2 aromatic rings. The summed E-state index contributed by atoms with van der Waals surface area (Å²) in [7, 11) is 0. The van der Waals surface area contributed by atoms with Crippen molar-refractivity contribution in [2.45, 2.75) is 58.2 Å². The van der Waals surface area contributed by atoms with Gasteiger partial charge in [-0.15, -0.1) is 0 Å². The highest BCUT2D eigenvalue weighted by Gasteiger charge is 2.27. The summed E-state index contributed by atoms with van der Waals surface area (Å²) in [6.45, 7) is 8.47. The Morgan fingerprint density at radius 1 is 1.19 bits per heavy atom. The van der Waals surface area contributed by atoms with Gasteiger partial charge in [-0.2, -0.15) is 0 Å². The second kappa shape index (κ2) is 10.3. The van der Waals surface area contributed by atoms with Crippen molar-refractivity contribution in [3.8, 4) is 0 Å². The number of aromatic amines is 1. The number of nitrogens with one attached hydrogen (secondary N) is 4. The average Bonchev–Trinajstić information content (AvgIpc) is 2.82. The second-order valence-electron chi connectivity index (χ2n) is 8.89. The van der Waals surface area contributed by atoms with Crippen molar-refractivity contribution in [2.24, 2.45) is 0 Å². The number of hydrogen-bond acceptors (Lipinski definition) is 7. The van der Waals surface area contributed by atoms with Crippen LogP contribution in [0, 0.1) is 19.3 Å². The van der Waals surface area contributed by atoms with Crippen LogP contribution in [0.3, 0.4) is 0 Å². The predicted molar refractivity (Wildman–Crippen MR) is 128 cm³/mol. The molecule has 32 heavy (non-hydrogen) atoms. The van der Waals surface area contributed by atoms with E-state index in [2.05, 4.69) is 57.5 Å². The maximum atomic E-state index is 12.8. The Bertz CT molecular complexity index is 990.